The van der Waals surface area contributed by atoms with Crippen LogP contribution in [0.1, 0.15) is 31.2 Å². The Morgan fingerprint density at radius 2 is 1.77 bits per heavy atom. The van der Waals surface area contributed by atoms with Gasteiger partial charge >= 0.3 is 0 Å². The van der Waals surface area contributed by atoms with Gasteiger partial charge in [-0.05, 0) is 31.0 Å². The van der Waals surface area contributed by atoms with Crippen molar-refractivity contribution in [3.05, 3.63) is 76.3 Å². The maximum atomic E-state index is 11.7. The summed E-state index contributed by atoms with van der Waals surface area (Å²) >= 11 is 14.3. The molecule has 4 aromatic heterocycles. The van der Waals surface area contributed by atoms with Crippen molar-refractivity contribution in [2.75, 3.05) is 53.6 Å². The number of carbonyl (C=O) groups excluding carboxylic acids is 1. The molecule has 0 aliphatic carbocycles. The number of nitrogens with zero attached hydrogens (tertiary/aromatic N) is 7. The first-order valence-corrected chi connectivity index (χ1v) is 18.2. The van der Waals surface area contributed by atoms with E-state index in [2.05, 4.69) is 15.2 Å². The SMILES string of the molecule is COc1nc(-c2cccc(-c3ccnc(-c4cc(OC)c5nc(CN6CC7(COC7)C6)nn5c4)c3Cl)c2Cl)ccc1CNC1CCN(C(C)=O)CC1. The van der Waals surface area contributed by atoms with Crippen LogP contribution < -0.4 is 14.8 Å². The molecule has 3 fully saturated rings. The molecule has 0 unspecified atom stereocenters. The van der Waals surface area contributed by atoms with Crippen LogP contribution in [0.3, 0.4) is 0 Å². The first-order chi connectivity index (χ1) is 25.2. The summed E-state index contributed by atoms with van der Waals surface area (Å²) in [6.07, 6.45) is 5.42. The van der Waals surface area contributed by atoms with Crippen LogP contribution in [0, 0.1) is 5.41 Å². The van der Waals surface area contributed by atoms with Gasteiger partial charge in [-0.2, -0.15) is 0 Å². The zero-order chi connectivity index (χ0) is 36.0. The number of carbonyl (C=O) groups is 1. The molecule has 7 heterocycles. The third kappa shape index (κ3) is 6.58. The highest BCUT2D eigenvalue weighted by molar-refractivity contribution is 6.39. The van der Waals surface area contributed by atoms with E-state index in [1.807, 2.05) is 53.6 Å². The summed E-state index contributed by atoms with van der Waals surface area (Å²) in [4.78, 5) is 30.2. The summed E-state index contributed by atoms with van der Waals surface area (Å²) in [6, 6.07) is 13.8. The second kappa shape index (κ2) is 14.2. The minimum Gasteiger partial charge on any atom is -0.493 e. The summed E-state index contributed by atoms with van der Waals surface area (Å²) in [5.74, 6) is 1.95. The molecule has 1 N–H and O–H groups in total. The molecule has 14 heteroatoms. The molecule has 3 aliphatic rings. The molecule has 52 heavy (non-hydrogen) atoms. The number of pyridine rings is 3. The van der Waals surface area contributed by atoms with Gasteiger partial charge in [-0.25, -0.2) is 14.5 Å². The number of ether oxygens (including phenoxy) is 3. The number of amides is 1. The van der Waals surface area contributed by atoms with Crippen molar-refractivity contribution in [2.24, 2.45) is 5.41 Å². The fourth-order valence-electron chi connectivity index (χ4n) is 7.51. The Labute approximate surface area is 312 Å². The molecule has 3 saturated heterocycles. The minimum atomic E-state index is 0.129. The standard InChI is InChI=1S/C38H40Cl2N8O4/c1-23(49)47-13-10-26(11-14-47)42-16-24-7-8-30(43-37(24)51-3)29-6-4-5-27(33(29)39)28-9-12-41-35(34(28)40)25-15-31(50-2)36-44-32(45-48(36)17-25)18-46-19-38(20-46)21-52-22-38/h4-9,12,15,17,26,42H,10-11,13-14,16,18-22H2,1-3H3. The lowest BCUT2D eigenvalue weighted by Crippen LogP contribution is -2.65. The Hall–Kier alpha value is -4.33. The zero-order valence-electron chi connectivity index (χ0n) is 29.4. The van der Waals surface area contributed by atoms with Crippen molar-refractivity contribution in [3.63, 3.8) is 0 Å². The number of hydrogen-bond donors (Lipinski definition) is 1. The van der Waals surface area contributed by atoms with Gasteiger partial charge in [-0.1, -0.05) is 47.5 Å². The predicted octanol–water partition coefficient (Wildman–Crippen LogP) is 5.78. The number of methoxy groups -OCH3 is 2. The lowest BCUT2D eigenvalue weighted by atomic mass is 9.78. The Balaban J connectivity index is 1.03. The van der Waals surface area contributed by atoms with E-state index in [4.69, 9.17) is 52.5 Å². The largest absolute Gasteiger partial charge is 0.493 e. The van der Waals surface area contributed by atoms with Crippen LogP contribution in [0.25, 0.3) is 39.3 Å². The molecule has 3 aliphatic heterocycles. The summed E-state index contributed by atoms with van der Waals surface area (Å²) in [7, 11) is 3.24. The number of likely N-dealkylation sites (tertiary alicyclic amines) is 2. The molecule has 1 spiro atoms. The van der Waals surface area contributed by atoms with Gasteiger partial charge in [0.25, 0.3) is 0 Å². The van der Waals surface area contributed by atoms with Crippen molar-refractivity contribution < 1.29 is 19.0 Å². The summed E-state index contributed by atoms with van der Waals surface area (Å²) in [6.45, 7) is 8.09. The van der Waals surface area contributed by atoms with E-state index in [1.165, 1.54) is 0 Å². The number of piperidine rings is 1. The second-order valence-electron chi connectivity index (χ2n) is 13.9. The lowest BCUT2D eigenvalue weighted by Gasteiger charge is -2.54. The number of halogens is 2. The highest BCUT2D eigenvalue weighted by Gasteiger charge is 2.49. The lowest BCUT2D eigenvalue weighted by molar-refractivity contribution is -0.191. The van der Waals surface area contributed by atoms with Gasteiger partial charge in [0.05, 0.1) is 55.4 Å². The van der Waals surface area contributed by atoms with E-state index < -0.39 is 0 Å². The molecule has 1 aromatic carbocycles. The molecule has 8 rings (SSSR count). The van der Waals surface area contributed by atoms with Crippen LogP contribution in [-0.2, 0) is 22.6 Å². The Morgan fingerprint density at radius 1 is 1.00 bits per heavy atom. The Kier molecular flexibility index (Phi) is 9.52. The van der Waals surface area contributed by atoms with E-state index in [0.29, 0.717) is 63.3 Å². The van der Waals surface area contributed by atoms with Crippen molar-refractivity contribution in [1.29, 1.82) is 0 Å². The van der Waals surface area contributed by atoms with Gasteiger partial charge in [0, 0.05) is 91.3 Å². The number of fused-ring (bicyclic) bond motifs is 1. The second-order valence-corrected chi connectivity index (χ2v) is 14.7. The van der Waals surface area contributed by atoms with Gasteiger partial charge in [-0.15, -0.1) is 5.10 Å². The topological polar surface area (TPSA) is 119 Å². The van der Waals surface area contributed by atoms with Gasteiger partial charge in [0.2, 0.25) is 11.8 Å². The molecule has 0 atom stereocenters. The minimum absolute atomic E-state index is 0.129. The monoisotopic (exact) mass is 742 g/mol. The van der Waals surface area contributed by atoms with E-state index in [0.717, 1.165) is 85.9 Å². The third-order valence-electron chi connectivity index (χ3n) is 10.3. The van der Waals surface area contributed by atoms with Crippen molar-refractivity contribution in [1.82, 2.24) is 39.7 Å². The molecule has 270 valence electrons. The smallest absolute Gasteiger partial charge is 0.219 e. The number of rotatable bonds is 10. The number of hydrogen-bond acceptors (Lipinski definition) is 10. The Morgan fingerprint density at radius 3 is 2.48 bits per heavy atom. The fraction of sp³-hybridized carbons (Fsp3) is 0.395. The third-order valence-corrected chi connectivity index (χ3v) is 11.1. The first kappa shape index (κ1) is 34.7. The maximum Gasteiger partial charge on any atom is 0.219 e. The van der Waals surface area contributed by atoms with Crippen LogP contribution >= 0.6 is 23.2 Å². The highest BCUT2D eigenvalue weighted by Crippen LogP contribution is 2.42. The molecule has 0 radical (unpaired) electrons. The van der Waals surface area contributed by atoms with Crippen molar-refractivity contribution in [3.8, 4) is 45.3 Å². The predicted molar refractivity (Wildman–Crippen MR) is 199 cm³/mol. The zero-order valence-corrected chi connectivity index (χ0v) is 30.9. The molecular formula is C38H40Cl2N8O4. The molecule has 1 amide bonds. The van der Waals surface area contributed by atoms with Gasteiger partial charge in [-0.3, -0.25) is 14.7 Å². The van der Waals surface area contributed by atoms with E-state index in [-0.39, 0.29) is 5.91 Å². The van der Waals surface area contributed by atoms with Crippen LogP contribution in [0.5, 0.6) is 11.6 Å². The normalized spacial score (nSPS) is 17.3. The maximum absolute atomic E-state index is 11.7. The van der Waals surface area contributed by atoms with Crippen molar-refractivity contribution in [2.45, 2.75) is 38.9 Å². The highest BCUT2D eigenvalue weighted by atomic mass is 35.5. The summed E-state index contributed by atoms with van der Waals surface area (Å²) < 4.78 is 18.6. The summed E-state index contributed by atoms with van der Waals surface area (Å²) in [5.41, 5.74) is 6.10. The molecule has 5 aromatic rings. The fourth-order valence-corrected chi connectivity index (χ4v) is 8.16. The average molecular weight is 744 g/mol. The first-order valence-electron chi connectivity index (χ1n) is 17.4. The van der Waals surface area contributed by atoms with Crippen molar-refractivity contribution >= 4 is 34.8 Å². The molecule has 0 bridgehead atoms. The van der Waals surface area contributed by atoms with Crippen LogP contribution in [-0.4, -0.2) is 99.9 Å². The number of aromatic nitrogens is 5. The number of benzene rings is 1. The van der Waals surface area contributed by atoms with E-state index in [9.17, 15) is 4.79 Å². The van der Waals surface area contributed by atoms with E-state index >= 15 is 0 Å². The van der Waals surface area contributed by atoms with Crippen LogP contribution in [0.15, 0.2) is 54.9 Å². The van der Waals surface area contributed by atoms with E-state index in [1.54, 1.807) is 31.9 Å². The number of nitrogens with one attached hydrogen (secondary N) is 1. The summed E-state index contributed by atoms with van der Waals surface area (Å²) in [5, 5.41) is 9.34. The van der Waals surface area contributed by atoms with Crippen LogP contribution in [0.2, 0.25) is 10.0 Å². The molecular weight excluding hydrogens is 703 g/mol. The molecule has 0 saturated carbocycles. The van der Waals surface area contributed by atoms with Gasteiger partial charge < -0.3 is 24.4 Å². The Bertz CT molecular complexity index is 2140. The quantitative estimate of drug-likeness (QED) is 0.189. The average Bonchev–Trinajstić information content (AvgIpc) is 3.54. The van der Waals surface area contributed by atoms with Gasteiger partial charge in [0.15, 0.2) is 17.2 Å². The van der Waals surface area contributed by atoms with Crippen LogP contribution in [0.4, 0.5) is 0 Å². The van der Waals surface area contributed by atoms with Gasteiger partial charge in [0.1, 0.15) is 0 Å². The molecule has 12 nitrogen and oxygen atoms in total.